The van der Waals surface area contributed by atoms with Gasteiger partial charge in [0.25, 0.3) is 0 Å². The van der Waals surface area contributed by atoms with E-state index in [9.17, 15) is 0 Å². The Labute approximate surface area is 152 Å². The Morgan fingerprint density at radius 2 is 1.84 bits per heavy atom. The first-order chi connectivity index (χ1) is 12.2. The van der Waals surface area contributed by atoms with E-state index in [1.54, 1.807) is 7.05 Å². The zero-order chi connectivity index (χ0) is 17.9. The third kappa shape index (κ3) is 7.75. The molecule has 1 aliphatic rings. The fraction of sp³-hybridized carbons (Fsp3) is 0.632. The predicted molar refractivity (Wildman–Crippen MR) is 105 cm³/mol. The lowest BCUT2D eigenvalue weighted by Gasteiger charge is -2.21. The Kier molecular flexibility index (Phi) is 8.55. The summed E-state index contributed by atoms with van der Waals surface area (Å²) in [5, 5.41) is 6.68. The molecule has 1 aromatic rings. The van der Waals surface area contributed by atoms with Gasteiger partial charge in [0.2, 0.25) is 0 Å². The number of rotatable bonds is 7. The molecule has 1 aliphatic heterocycles. The molecule has 1 fully saturated rings. The first-order valence-corrected chi connectivity index (χ1v) is 9.22. The molecule has 6 heteroatoms. The predicted octanol–water partition coefficient (Wildman–Crippen LogP) is 1.18. The molecule has 25 heavy (non-hydrogen) atoms. The smallest absolute Gasteiger partial charge is 0.191 e. The zero-order valence-electron chi connectivity index (χ0n) is 15.9. The maximum atomic E-state index is 5.72. The topological polar surface area (TPSA) is 52.1 Å². The van der Waals surface area contributed by atoms with Gasteiger partial charge in [0.1, 0.15) is 12.4 Å². The summed E-state index contributed by atoms with van der Waals surface area (Å²) >= 11 is 0. The summed E-state index contributed by atoms with van der Waals surface area (Å²) in [6, 6.07) is 8.12. The van der Waals surface area contributed by atoms with Gasteiger partial charge in [0.05, 0.1) is 6.54 Å². The van der Waals surface area contributed by atoms with E-state index in [4.69, 9.17) is 4.74 Å². The van der Waals surface area contributed by atoms with Gasteiger partial charge in [-0.25, -0.2) is 0 Å². The van der Waals surface area contributed by atoms with E-state index in [2.05, 4.69) is 51.5 Å². The van der Waals surface area contributed by atoms with Crippen molar-refractivity contribution in [3.05, 3.63) is 29.8 Å². The highest BCUT2D eigenvalue weighted by atomic mass is 16.5. The third-order valence-corrected chi connectivity index (χ3v) is 4.44. The van der Waals surface area contributed by atoms with E-state index in [1.807, 2.05) is 12.1 Å². The first-order valence-electron chi connectivity index (χ1n) is 9.22. The third-order valence-electron chi connectivity index (χ3n) is 4.44. The van der Waals surface area contributed by atoms with Crippen LogP contribution in [0.3, 0.4) is 0 Å². The van der Waals surface area contributed by atoms with E-state index < -0.39 is 0 Å². The molecule has 0 saturated carbocycles. The lowest BCUT2D eigenvalue weighted by molar-refractivity contribution is 0.279. The number of likely N-dealkylation sites (N-methyl/N-ethyl adjacent to an activating group) is 1. The van der Waals surface area contributed by atoms with Crippen LogP contribution >= 0.6 is 0 Å². The van der Waals surface area contributed by atoms with Gasteiger partial charge in [0, 0.05) is 33.2 Å². The Bertz CT molecular complexity index is 517. The standard InChI is InChI=1S/C19H33N5O/c1-17-5-7-18(8-6-17)25-16-10-22-19(20-2)21-9-13-24-12-4-11-23(3)14-15-24/h5-8H,4,9-16H2,1-3H3,(H2,20,21,22). The largest absolute Gasteiger partial charge is 0.492 e. The summed E-state index contributed by atoms with van der Waals surface area (Å²) in [5.41, 5.74) is 1.24. The molecular formula is C19H33N5O. The lowest BCUT2D eigenvalue weighted by atomic mass is 10.2. The molecule has 2 N–H and O–H groups in total. The molecule has 1 saturated heterocycles. The first kappa shape index (κ1) is 19.5. The zero-order valence-corrected chi connectivity index (χ0v) is 15.9. The Balaban J connectivity index is 1.58. The van der Waals surface area contributed by atoms with E-state index in [0.717, 1.165) is 44.4 Å². The summed E-state index contributed by atoms with van der Waals surface area (Å²) in [6.45, 7) is 10.1. The van der Waals surface area contributed by atoms with Crippen LogP contribution in [-0.2, 0) is 0 Å². The highest BCUT2D eigenvalue weighted by molar-refractivity contribution is 5.79. The number of aliphatic imine (C=N–C) groups is 1. The minimum atomic E-state index is 0.613. The van der Waals surface area contributed by atoms with Crippen LogP contribution in [0.25, 0.3) is 0 Å². The van der Waals surface area contributed by atoms with Crippen LogP contribution in [-0.4, -0.2) is 82.3 Å². The van der Waals surface area contributed by atoms with Crippen molar-refractivity contribution in [2.75, 3.05) is 66.5 Å². The average molecular weight is 348 g/mol. The number of hydrogen-bond donors (Lipinski definition) is 2. The number of ether oxygens (including phenoxy) is 1. The molecule has 1 heterocycles. The maximum Gasteiger partial charge on any atom is 0.191 e. The molecular weight excluding hydrogens is 314 g/mol. The molecule has 0 amide bonds. The van der Waals surface area contributed by atoms with Gasteiger partial charge < -0.3 is 25.2 Å². The van der Waals surface area contributed by atoms with Crippen molar-refractivity contribution in [3.63, 3.8) is 0 Å². The van der Waals surface area contributed by atoms with Crippen molar-refractivity contribution in [1.82, 2.24) is 20.4 Å². The second kappa shape index (κ2) is 10.9. The quantitative estimate of drug-likeness (QED) is 0.441. The molecule has 0 aliphatic carbocycles. The number of hydrogen-bond acceptors (Lipinski definition) is 4. The lowest BCUT2D eigenvalue weighted by Crippen LogP contribution is -2.43. The second-order valence-corrected chi connectivity index (χ2v) is 6.59. The SMILES string of the molecule is CN=C(NCCOc1ccc(C)cc1)NCCN1CCCN(C)CC1. The number of nitrogens with zero attached hydrogens (tertiary/aromatic N) is 3. The molecule has 0 bridgehead atoms. The van der Waals surface area contributed by atoms with Gasteiger partial charge in [-0.3, -0.25) is 4.99 Å². The monoisotopic (exact) mass is 347 g/mol. The second-order valence-electron chi connectivity index (χ2n) is 6.59. The van der Waals surface area contributed by atoms with E-state index >= 15 is 0 Å². The Morgan fingerprint density at radius 3 is 2.60 bits per heavy atom. The number of aryl methyl sites for hydroxylation is 1. The van der Waals surface area contributed by atoms with Gasteiger partial charge in [-0.15, -0.1) is 0 Å². The van der Waals surface area contributed by atoms with Crippen molar-refractivity contribution < 1.29 is 4.74 Å². The van der Waals surface area contributed by atoms with Crippen molar-refractivity contribution in [2.45, 2.75) is 13.3 Å². The summed E-state index contributed by atoms with van der Waals surface area (Å²) < 4.78 is 5.72. The van der Waals surface area contributed by atoms with E-state index in [0.29, 0.717) is 6.61 Å². The molecule has 6 nitrogen and oxygen atoms in total. The number of benzene rings is 1. The van der Waals surface area contributed by atoms with Crippen molar-refractivity contribution in [3.8, 4) is 5.75 Å². The highest BCUT2D eigenvalue weighted by Gasteiger charge is 2.11. The van der Waals surface area contributed by atoms with Gasteiger partial charge in [-0.05, 0) is 45.6 Å². The number of nitrogens with one attached hydrogen (secondary N) is 2. The summed E-state index contributed by atoms with van der Waals surface area (Å²) in [4.78, 5) is 9.19. The van der Waals surface area contributed by atoms with Crippen LogP contribution in [0.1, 0.15) is 12.0 Å². The summed E-state index contributed by atoms with van der Waals surface area (Å²) in [6.07, 6.45) is 1.25. The van der Waals surface area contributed by atoms with Crippen LogP contribution in [0.2, 0.25) is 0 Å². The molecule has 0 atom stereocenters. The fourth-order valence-corrected chi connectivity index (χ4v) is 2.85. The molecule has 0 radical (unpaired) electrons. The highest BCUT2D eigenvalue weighted by Crippen LogP contribution is 2.10. The van der Waals surface area contributed by atoms with Crippen LogP contribution in [0.4, 0.5) is 0 Å². The van der Waals surface area contributed by atoms with Crippen LogP contribution in [0, 0.1) is 6.92 Å². The van der Waals surface area contributed by atoms with Crippen molar-refractivity contribution in [1.29, 1.82) is 0 Å². The maximum absolute atomic E-state index is 5.72. The fourth-order valence-electron chi connectivity index (χ4n) is 2.85. The molecule has 0 unspecified atom stereocenters. The molecule has 1 aromatic carbocycles. The van der Waals surface area contributed by atoms with Gasteiger partial charge in [-0.1, -0.05) is 17.7 Å². The molecule has 140 valence electrons. The van der Waals surface area contributed by atoms with Gasteiger partial charge in [-0.2, -0.15) is 0 Å². The Hall–Kier alpha value is -1.79. The normalized spacial score (nSPS) is 17.2. The van der Waals surface area contributed by atoms with Crippen LogP contribution in [0.15, 0.2) is 29.3 Å². The molecule has 0 spiro atoms. The van der Waals surface area contributed by atoms with E-state index in [-0.39, 0.29) is 0 Å². The van der Waals surface area contributed by atoms with Crippen molar-refractivity contribution >= 4 is 5.96 Å². The summed E-state index contributed by atoms with van der Waals surface area (Å²) in [7, 11) is 4.00. The minimum Gasteiger partial charge on any atom is -0.492 e. The molecule has 2 rings (SSSR count). The van der Waals surface area contributed by atoms with Gasteiger partial charge in [0.15, 0.2) is 5.96 Å². The van der Waals surface area contributed by atoms with Crippen LogP contribution in [0.5, 0.6) is 5.75 Å². The minimum absolute atomic E-state index is 0.613. The van der Waals surface area contributed by atoms with Crippen LogP contribution < -0.4 is 15.4 Å². The van der Waals surface area contributed by atoms with Gasteiger partial charge >= 0.3 is 0 Å². The van der Waals surface area contributed by atoms with E-state index in [1.165, 1.54) is 25.1 Å². The van der Waals surface area contributed by atoms with Crippen molar-refractivity contribution in [2.24, 2.45) is 4.99 Å². The average Bonchev–Trinajstić information content (AvgIpc) is 2.83. The number of guanidine groups is 1. The summed E-state index contributed by atoms with van der Waals surface area (Å²) in [5.74, 6) is 1.74. The Morgan fingerprint density at radius 1 is 1.08 bits per heavy atom. The molecule has 0 aromatic heterocycles.